The van der Waals surface area contributed by atoms with E-state index in [1.165, 1.54) is 4.80 Å². The lowest BCUT2D eigenvalue weighted by Gasteiger charge is -2.16. The highest BCUT2D eigenvalue weighted by Gasteiger charge is 2.16. The van der Waals surface area contributed by atoms with E-state index in [1.807, 2.05) is 12.1 Å². The Morgan fingerprint density at radius 1 is 1.04 bits per heavy atom. The van der Waals surface area contributed by atoms with Gasteiger partial charge < -0.3 is 25.7 Å². The molecule has 0 amide bonds. The summed E-state index contributed by atoms with van der Waals surface area (Å²) in [7, 11) is 4.84. The van der Waals surface area contributed by atoms with Crippen LogP contribution in [0.4, 0.5) is 11.8 Å². The van der Waals surface area contributed by atoms with Crippen molar-refractivity contribution in [1.29, 1.82) is 0 Å². The molecule has 4 N–H and O–H groups in total. The number of hydrogen-bond donors (Lipinski definition) is 2. The van der Waals surface area contributed by atoms with Crippen molar-refractivity contribution in [2.24, 2.45) is 7.05 Å². The van der Waals surface area contributed by atoms with Gasteiger partial charge in [0.15, 0.2) is 17.3 Å². The number of tetrazole rings is 1. The van der Waals surface area contributed by atoms with Crippen LogP contribution in [-0.2, 0) is 19.9 Å². The average molecular weight is 386 g/mol. The highest BCUT2D eigenvalue weighted by atomic mass is 16.5. The van der Waals surface area contributed by atoms with Gasteiger partial charge in [-0.25, -0.2) is 4.98 Å². The largest absolute Gasteiger partial charge is 0.493 e. The van der Waals surface area contributed by atoms with Crippen LogP contribution < -0.4 is 25.7 Å². The first kappa shape index (κ1) is 19.1. The molecule has 11 heteroatoms. The zero-order valence-electron chi connectivity index (χ0n) is 15.9. The maximum atomic E-state index is 5.87. The van der Waals surface area contributed by atoms with Gasteiger partial charge in [-0.3, -0.25) is 0 Å². The minimum absolute atomic E-state index is 0.131. The van der Waals surface area contributed by atoms with Gasteiger partial charge in [-0.05, 0) is 22.9 Å². The third-order valence-corrected chi connectivity index (χ3v) is 3.84. The number of ether oxygens (including phenoxy) is 3. The lowest BCUT2D eigenvalue weighted by atomic mass is 10.1. The first-order chi connectivity index (χ1) is 13.5. The van der Waals surface area contributed by atoms with Crippen molar-refractivity contribution < 1.29 is 14.2 Å². The highest BCUT2D eigenvalue weighted by Crippen LogP contribution is 2.39. The lowest BCUT2D eigenvalue weighted by Crippen LogP contribution is -2.07. The first-order valence-corrected chi connectivity index (χ1v) is 8.48. The van der Waals surface area contributed by atoms with E-state index in [2.05, 4.69) is 25.4 Å². The molecule has 2 heterocycles. The molecule has 3 rings (SSSR count). The van der Waals surface area contributed by atoms with Crippen molar-refractivity contribution in [2.75, 3.05) is 32.3 Å². The Hall–Kier alpha value is -3.63. The van der Waals surface area contributed by atoms with Crippen molar-refractivity contribution >= 4 is 11.8 Å². The number of aromatic nitrogens is 6. The molecule has 0 aliphatic rings. The van der Waals surface area contributed by atoms with Crippen LogP contribution in [0.25, 0.3) is 0 Å². The fourth-order valence-electron chi connectivity index (χ4n) is 2.69. The normalized spacial score (nSPS) is 10.7. The molecule has 0 aliphatic heterocycles. The number of nitrogens with zero attached hydrogens (tertiary/aromatic N) is 6. The molecule has 148 valence electrons. The molecule has 0 unspecified atom stereocenters. The third kappa shape index (κ3) is 4.55. The summed E-state index contributed by atoms with van der Waals surface area (Å²) in [4.78, 5) is 9.48. The molecule has 0 aliphatic carbocycles. The second-order valence-electron chi connectivity index (χ2n) is 5.94. The zero-order chi connectivity index (χ0) is 20.1. The van der Waals surface area contributed by atoms with Crippen LogP contribution in [0, 0.1) is 0 Å². The Kier molecular flexibility index (Phi) is 5.72. The molecule has 0 fully saturated rings. The number of rotatable bonds is 8. The highest BCUT2D eigenvalue weighted by molar-refractivity contribution is 5.54. The summed E-state index contributed by atoms with van der Waals surface area (Å²) in [5, 5.41) is 11.9. The topological polar surface area (TPSA) is 149 Å². The number of aryl methyl sites for hydroxylation is 1. The van der Waals surface area contributed by atoms with Crippen molar-refractivity contribution in [1.82, 2.24) is 30.2 Å². The van der Waals surface area contributed by atoms with Crippen LogP contribution in [0.3, 0.4) is 0 Å². The van der Waals surface area contributed by atoms with Crippen LogP contribution in [0.5, 0.6) is 17.2 Å². The van der Waals surface area contributed by atoms with E-state index in [0.717, 1.165) is 5.56 Å². The predicted octanol–water partition coefficient (Wildman–Crippen LogP) is 0.394. The second kappa shape index (κ2) is 8.37. The fourth-order valence-corrected chi connectivity index (χ4v) is 2.69. The maximum Gasteiger partial charge on any atom is 0.222 e. The summed E-state index contributed by atoms with van der Waals surface area (Å²) in [6, 6.07) is 5.38. The van der Waals surface area contributed by atoms with E-state index in [0.29, 0.717) is 54.0 Å². The number of hydrogen-bond acceptors (Lipinski definition) is 10. The molecular weight excluding hydrogens is 364 g/mol. The van der Waals surface area contributed by atoms with Gasteiger partial charge in [0, 0.05) is 18.9 Å². The SMILES string of the molecule is COc1cc(Cc2cc(N)nc(N)n2)cc(OC)c1OCCc1nnn(C)n1. The average Bonchev–Trinajstić information content (AvgIpc) is 3.06. The number of anilines is 2. The Labute approximate surface area is 161 Å². The minimum atomic E-state index is 0.131. The van der Waals surface area contributed by atoms with Crippen LogP contribution in [0.2, 0.25) is 0 Å². The summed E-state index contributed by atoms with van der Waals surface area (Å²) in [6.07, 6.45) is 0.981. The lowest BCUT2D eigenvalue weighted by molar-refractivity contribution is 0.275. The van der Waals surface area contributed by atoms with Crippen LogP contribution in [0.1, 0.15) is 17.1 Å². The van der Waals surface area contributed by atoms with Gasteiger partial charge in [-0.15, -0.1) is 10.2 Å². The van der Waals surface area contributed by atoms with Gasteiger partial charge in [0.05, 0.1) is 33.6 Å². The molecule has 28 heavy (non-hydrogen) atoms. The Morgan fingerprint density at radius 2 is 1.75 bits per heavy atom. The van der Waals surface area contributed by atoms with Crippen LogP contribution in [-0.4, -0.2) is 51.0 Å². The molecule has 11 nitrogen and oxygen atoms in total. The molecule has 0 atom stereocenters. The molecule has 0 radical (unpaired) electrons. The van der Waals surface area contributed by atoms with E-state index in [9.17, 15) is 0 Å². The second-order valence-corrected chi connectivity index (χ2v) is 5.94. The van der Waals surface area contributed by atoms with Gasteiger partial charge in [0.2, 0.25) is 11.7 Å². The van der Waals surface area contributed by atoms with Crippen molar-refractivity contribution in [3.05, 3.63) is 35.3 Å². The van der Waals surface area contributed by atoms with Gasteiger partial charge >= 0.3 is 0 Å². The number of methoxy groups -OCH3 is 2. The van der Waals surface area contributed by atoms with Gasteiger partial charge in [-0.2, -0.15) is 9.78 Å². The molecule has 0 saturated carbocycles. The predicted molar refractivity (Wildman–Crippen MR) is 101 cm³/mol. The van der Waals surface area contributed by atoms with Crippen molar-refractivity contribution in [2.45, 2.75) is 12.8 Å². The molecule has 0 saturated heterocycles. The zero-order valence-corrected chi connectivity index (χ0v) is 15.9. The van der Waals surface area contributed by atoms with Gasteiger partial charge in [0.1, 0.15) is 5.82 Å². The monoisotopic (exact) mass is 386 g/mol. The van der Waals surface area contributed by atoms with E-state index < -0.39 is 0 Å². The Bertz CT molecular complexity index is 914. The third-order valence-electron chi connectivity index (χ3n) is 3.84. The van der Waals surface area contributed by atoms with E-state index in [4.69, 9.17) is 25.7 Å². The van der Waals surface area contributed by atoms with E-state index in [-0.39, 0.29) is 5.95 Å². The molecule has 3 aromatic rings. The number of nitrogens with two attached hydrogens (primary N) is 2. The Morgan fingerprint density at radius 3 is 2.32 bits per heavy atom. The summed E-state index contributed by atoms with van der Waals surface area (Å²) < 4.78 is 16.8. The van der Waals surface area contributed by atoms with Gasteiger partial charge in [0.25, 0.3) is 0 Å². The minimum Gasteiger partial charge on any atom is -0.493 e. The molecule has 0 spiro atoms. The van der Waals surface area contributed by atoms with Crippen molar-refractivity contribution in [3.8, 4) is 17.2 Å². The van der Waals surface area contributed by atoms with E-state index >= 15 is 0 Å². The number of benzene rings is 1. The summed E-state index contributed by atoms with van der Waals surface area (Å²) in [5.41, 5.74) is 13.0. The van der Waals surface area contributed by atoms with Crippen molar-refractivity contribution in [3.63, 3.8) is 0 Å². The molecule has 1 aromatic carbocycles. The molecule has 2 aromatic heterocycles. The Balaban J connectivity index is 1.78. The van der Waals surface area contributed by atoms with E-state index in [1.54, 1.807) is 27.3 Å². The van der Waals surface area contributed by atoms with Crippen LogP contribution >= 0.6 is 0 Å². The summed E-state index contributed by atoms with van der Waals surface area (Å²) >= 11 is 0. The number of nitrogen functional groups attached to an aromatic ring is 2. The maximum absolute atomic E-state index is 5.87. The fraction of sp³-hybridized carbons (Fsp3) is 0.353. The van der Waals surface area contributed by atoms with Crippen LogP contribution in [0.15, 0.2) is 18.2 Å². The summed E-state index contributed by atoms with van der Waals surface area (Å²) in [5.74, 6) is 2.62. The first-order valence-electron chi connectivity index (χ1n) is 8.48. The molecule has 0 bridgehead atoms. The standard InChI is InChI=1S/C17H22N8O3/c1-25-23-15(22-24-25)4-5-28-16-12(26-2)7-10(8-13(16)27-3)6-11-9-14(18)21-17(19)20-11/h7-9H,4-6H2,1-3H3,(H4,18,19,20,21). The van der Waals surface area contributed by atoms with Gasteiger partial charge in [-0.1, -0.05) is 0 Å². The molecular formula is C17H22N8O3. The smallest absolute Gasteiger partial charge is 0.222 e. The quantitative estimate of drug-likeness (QED) is 0.556. The summed E-state index contributed by atoms with van der Waals surface area (Å²) in [6.45, 7) is 0.344.